The molecule has 25 heavy (non-hydrogen) atoms. The molecule has 0 saturated carbocycles. The van der Waals surface area contributed by atoms with Crippen molar-refractivity contribution in [1.82, 2.24) is 0 Å². The number of methoxy groups -OCH3 is 2. The van der Waals surface area contributed by atoms with Gasteiger partial charge in [0.25, 0.3) is 0 Å². The fraction of sp³-hybridized carbons (Fsp3) is 0.158. The summed E-state index contributed by atoms with van der Waals surface area (Å²) in [7, 11) is 3.15. The Labute approximate surface area is 154 Å². The molecule has 0 fully saturated rings. The van der Waals surface area contributed by atoms with E-state index in [1.807, 2.05) is 37.3 Å². The van der Waals surface area contributed by atoms with E-state index in [2.05, 4.69) is 20.9 Å². The van der Waals surface area contributed by atoms with Crippen LogP contribution in [0.5, 0.6) is 11.5 Å². The highest BCUT2D eigenvalue weighted by atomic mass is 79.9. The number of ether oxygens (including phenoxy) is 3. The quantitative estimate of drug-likeness (QED) is 0.571. The van der Waals surface area contributed by atoms with Gasteiger partial charge in [0.05, 0.1) is 19.8 Å². The van der Waals surface area contributed by atoms with Crippen molar-refractivity contribution >= 4 is 33.9 Å². The van der Waals surface area contributed by atoms with Crippen LogP contribution in [0.1, 0.15) is 16.7 Å². The predicted molar refractivity (Wildman–Crippen MR) is 99.0 cm³/mol. The Morgan fingerprint density at radius 2 is 1.96 bits per heavy atom. The van der Waals surface area contributed by atoms with Crippen LogP contribution in [0.2, 0.25) is 0 Å². The van der Waals surface area contributed by atoms with Gasteiger partial charge in [-0.2, -0.15) is 0 Å². The van der Waals surface area contributed by atoms with Gasteiger partial charge >= 0.3 is 5.97 Å². The van der Waals surface area contributed by atoms with Gasteiger partial charge in [0.1, 0.15) is 11.5 Å². The first-order valence-corrected chi connectivity index (χ1v) is 8.33. The van der Waals surface area contributed by atoms with Crippen molar-refractivity contribution in [3.05, 3.63) is 63.3 Å². The molecule has 2 aromatic rings. The van der Waals surface area contributed by atoms with Gasteiger partial charge in [0.15, 0.2) is 5.70 Å². The van der Waals surface area contributed by atoms with E-state index in [0.717, 1.165) is 15.6 Å². The SMILES string of the molecule is COc1ccc(Br)cc1/C=C1/N=C(c2cccc(C)c2OC)OC1=O. The Kier molecular flexibility index (Phi) is 4.90. The third-order valence-corrected chi connectivity index (χ3v) is 4.24. The monoisotopic (exact) mass is 401 g/mol. The molecule has 128 valence electrons. The summed E-state index contributed by atoms with van der Waals surface area (Å²) < 4.78 is 17.0. The molecule has 0 saturated heterocycles. The molecule has 1 aliphatic heterocycles. The van der Waals surface area contributed by atoms with E-state index in [9.17, 15) is 4.79 Å². The molecule has 0 radical (unpaired) electrons. The molecule has 3 rings (SSSR count). The Hall–Kier alpha value is -2.60. The maximum absolute atomic E-state index is 12.2. The number of halogens is 1. The lowest BCUT2D eigenvalue weighted by molar-refractivity contribution is -0.129. The zero-order valence-electron chi connectivity index (χ0n) is 14.0. The fourth-order valence-corrected chi connectivity index (χ4v) is 2.96. The van der Waals surface area contributed by atoms with Crippen LogP contribution >= 0.6 is 15.9 Å². The van der Waals surface area contributed by atoms with Gasteiger partial charge in [0.2, 0.25) is 5.90 Å². The molecule has 1 aliphatic rings. The first-order valence-electron chi connectivity index (χ1n) is 7.53. The van der Waals surface area contributed by atoms with E-state index in [4.69, 9.17) is 14.2 Å². The van der Waals surface area contributed by atoms with Crippen LogP contribution in [-0.4, -0.2) is 26.1 Å². The van der Waals surface area contributed by atoms with Gasteiger partial charge in [-0.3, -0.25) is 0 Å². The van der Waals surface area contributed by atoms with E-state index in [0.29, 0.717) is 17.1 Å². The third-order valence-electron chi connectivity index (χ3n) is 3.75. The lowest BCUT2D eigenvalue weighted by Gasteiger charge is -2.09. The molecular weight excluding hydrogens is 386 g/mol. The summed E-state index contributed by atoms with van der Waals surface area (Å²) in [5, 5.41) is 0. The fourth-order valence-electron chi connectivity index (χ4n) is 2.58. The number of esters is 1. The lowest BCUT2D eigenvalue weighted by atomic mass is 10.1. The molecule has 0 unspecified atom stereocenters. The molecule has 0 atom stereocenters. The molecule has 2 aromatic carbocycles. The zero-order chi connectivity index (χ0) is 18.0. The molecule has 6 heteroatoms. The minimum absolute atomic E-state index is 0.204. The van der Waals surface area contributed by atoms with Gasteiger partial charge < -0.3 is 14.2 Å². The number of nitrogens with zero attached hydrogens (tertiary/aromatic N) is 1. The number of benzene rings is 2. The van der Waals surface area contributed by atoms with E-state index in [1.165, 1.54) is 0 Å². The summed E-state index contributed by atoms with van der Waals surface area (Å²) in [5.41, 5.74) is 2.50. The summed E-state index contributed by atoms with van der Waals surface area (Å²) >= 11 is 3.41. The molecule has 0 amide bonds. The molecule has 5 nitrogen and oxygen atoms in total. The second-order valence-electron chi connectivity index (χ2n) is 5.38. The van der Waals surface area contributed by atoms with Crippen molar-refractivity contribution in [2.75, 3.05) is 14.2 Å². The van der Waals surface area contributed by atoms with Crippen molar-refractivity contribution in [2.24, 2.45) is 4.99 Å². The molecule has 0 bridgehead atoms. The average molecular weight is 402 g/mol. The van der Waals surface area contributed by atoms with Crippen LogP contribution in [0.15, 0.2) is 51.6 Å². The molecule has 1 heterocycles. The topological polar surface area (TPSA) is 57.1 Å². The lowest BCUT2D eigenvalue weighted by Crippen LogP contribution is -2.07. The summed E-state index contributed by atoms with van der Waals surface area (Å²) in [6.45, 7) is 1.92. The van der Waals surface area contributed by atoms with Gasteiger partial charge in [-0.25, -0.2) is 9.79 Å². The van der Waals surface area contributed by atoms with Gasteiger partial charge in [-0.15, -0.1) is 0 Å². The number of hydrogen-bond acceptors (Lipinski definition) is 5. The van der Waals surface area contributed by atoms with Crippen molar-refractivity contribution in [3.63, 3.8) is 0 Å². The summed E-state index contributed by atoms with van der Waals surface area (Å²) in [4.78, 5) is 16.6. The van der Waals surface area contributed by atoms with Gasteiger partial charge in [0, 0.05) is 10.0 Å². The van der Waals surface area contributed by atoms with Crippen LogP contribution in [0.4, 0.5) is 0 Å². The van der Waals surface area contributed by atoms with Crippen LogP contribution in [0.25, 0.3) is 6.08 Å². The van der Waals surface area contributed by atoms with Crippen LogP contribution < -0.4 is 9.47 Å². The molecule has 0 N–H and O–H groups in total. The number of carbonyl (C=O) groups excluding carboxylic acids is 1. The third kappa shape index (κ3) is 3.44. The zero-order valence-corrected chi connectivity index (χ0v) is 15.6. The van der Waals surface area contributed by atoms with Gasteiger partial charge in [-0.05, 0) is 42.8 Å². The molecule has 0 aromatic heterocycles. The number of cyclic esters (lactones) is 1. The number of aryl methyl sites for hydroxylation is 1. The highest BCUT2D eigenvalue weighted by molar-refractivity contribution is 9.10. The highest BCUT2D eigenvalue weighted by Crippen LogP contribution is 2.30. The summed E-state index contributed by atoms with van der Waals surface area (Å²) in [5.74, 6) is 0.988. The normalized spacial score (nSPS) is 15.1. The van der Waals surface area contributed by atoms with Crippen LogP contribution in [-0.2, 0) is 9.53 Å². The van der Waals surface area contributed by atoms with E-state index in [1.54, 1.807) is 26.4 Å². The molecular formula is C19H16BrNO4. The number of para-hydroxylation sites is 1. The van der Waals surface area contributed by atoms with E-state index >= 15 is 0 Å². The second-order valence-corrected chi connectivity index (χ2v) is 6.29. The Morgan fingerprint density at radius 1 is 1.16 bits per heavy atom. The van der Waals surface area contributed by atoms with Crippen molar-refractivity contribution < 1.29 is 19.0 Å². The first-order chi connectivity index (χ1) is 12.0. The van der Waals surface area contributed by atoms with Crippen molar-refractivity contribution in [2.45, 2.75) is 6.92 Å². The van der Waals surface area contributed by atoms with Gasteiger partial charge in [-0.1, -0.05) is 28.1 Å². The molecule has 0 spiro atoms. The minimum atomic E-state index is -0.513. The Bertz CT molecular complexity index is 902. The first kappa shape index (κ1) is 17.2. The largest absolute Gasteiger partial charge is 0.496 e. The van der Waals surface area contributed by atoms with Crippen LogP contribution in [0.3, 0.4) is 0 Å². The van der Waals surface area contributed by atoms with E-state index in [-0.39, 0.29) is 11.6 Å². The smallest absolute Gasteiger partial charge is 0.363 e. The standard InChI is InChI=1S/C19H16BrNO4/c1-11-5-4-6-14(17(11)24-3)18-21-15(19(22)25-18)10-12-9-13(20)7-8-16(12)23-2/h4-10H,1-3H3/b15-10+. The minimum Gasteiger partial charge on any atom is -0.496 e. The number of rotatable bonds is 4. The number of hydrogen-bond donors (Lipinski definition) is 0. The highest BCUT2D eigenvalue weighted by Gasteiger charge is 2.27. The Balaban J connectivity index is 2.05. The second kappa shape index (κ2) is 7.11. The van der Waals surface area contributed by atoms with Crippen molar-refractivity contribution in [3.8, 4) is 11.5 Å². The summed E-state index contributed by atoms with van der Waals surface area (Å²) in [6.07, 6.45) is 1.64. The Morgan fingerprint density at radius 3 is 2.68 bits per heavy atom. The van der Waals surface area contributed by atoms with Crippen LogP contribution in [0, 0.1) is 6.92 Å². The van der Waals surface area contributed by atoms with Crippen molar-refractivity contribution in [1.29, 1.82) is 0 Å². The average Bonchev–Trinajstić information content (AvgIpc) is 2.95. The maximum atomic E-state index is 12.2. The van der Waals surface area contributed by atoms with E-state index < -0.39 is 5.97 Å². The predicted octanol–water partition coefficient (Wildman–Crippen LogP) is 4.12. The summed E-state index contributed by atoms with van der Waals surface area (Å²) in [6, 6.07) is 11.1. The maximum Gasteiger partial charge on any atom is 0.363 e. The number of aliphatic imine (C=N–C) groups is 1. The molecule has 0 aliphatic carbocycles. The number of carbonyl (C=O) groups is 1.